The fraction of sp³-hybridized carbons (Fsp3) is 0.133. The minimum atomic E-state index is -0.379. The number of amides is 1. The van der Waals surface area contributed by atoms with Gasteiger partial charge in [0.2, 0.25) is 11.5 Å². The molecule has 20 heavy (non-hydrogen) atoms. The molecule has 1 amide bonds. The second kappa shape index (κ2) is 7.12. The molecule has 5 heteroatoms. The zero-order valence-electron chi connectivity index (χ0n) is 10.6. The Balaban J connectivity index is 2.24. The van der Waals surface area contributed by atoms with E-state index >= 15 is 0 Å². The van der Waals surface area contributed by atoms with E-state index in [4.69, 9.17) is 11.6 Å². The summed E-state index contributed by atoms with van der Waals surface area (Å²) in [5.74, 6) is -0.379. The van der Waals surface area contributed by atoms with Crippen molar-refractivity contribution in [2.45, 2.75) is 12.8 Å². The standard InChI is InChI=1S/C15H12ClNO2S/c16-13-8-5-12(6-9-13)14-4-2-1-3-11(14)7-10-15(18)17-20-19/h1-6,8-9H,7,10H2. The zero-order valence-corrected chi connectivity index (χ0v) is 12.2. The van der Waals surface area contributed by atoms with Crippen molar-refractivity contribution in [3.63, 3.8) is 0 Å². The predicted octanol–water partition coefficient (Wildman–Crippen LogP) is 3.86. The lowest BCUT2D eigenvalue weighted by atomic mass is 9.97. The molecule has 0 fully saturated rings. The van der Waals surface area contributed by atoms with Gasteiger partial charge < -0.3 is 0 Å². The van der Waals surface area contributed by atoms with Gasteiger partial charge in [-0.05, 0) is 35.2 Å². The fourth-order valence-electron chi connectivity index (χ4n) is 1.98. The first-order chi connectivity index (χ1) is 9.70. The maximum Gasteiger partial charge on any atom is 0.259 e. The number of nitrogens with zero attached hydrogens (tertiary/aromatic N) is 1. The number of hydrogen-bond donors (Lipinski definition) is 0. The van der Waals surface area contributed by atoms with Crippen LogP contribution in [-0.4, -0.2) is 10.1 Å². The molecule has 2 aromatic carbocycles. The average Bonchev–Trinajstić information content (AvgIpc) is 2.47. The second-order valence-electron chi connectivity index (χ2n) is 4.22. The monoisotopic (exact) mass is 305 g/mol. The van der Waals surface area contributed by atoms with Gasteiger partial charge >= 0.3 is 0 Å². The molecule has 0 N–H and O–H groups in total. The van der Waals surface area contributed by atoms with Gasteiger partial charge in [-0.3, -0.25) is 4.79 Å². The van der Waals surface area contributed by atoms with Crippen LogP contribution in [0.15, 0.2) is 52.9 Å². The van der Waals surface area contributed by atoms with Gasteiger partial charge in [-0.25, -0.2) is 0 Å². The number of rotatable bonds is 4. The van der Waals surface area contributed by atoms with E-state index in [1.54, 1.807) is 0 Å². The Bertz CT molecular complexity index is 664. The minimum absolute atomic E-state index is 0.0422. The highest BCUT2D eigenvalue weighted by atomic mass is 35.5. The summed E-state index contributed by atoms with van der Waals surface area (Å²) in [6.07, 6.45) is 0.793. The molecule has 0 saturated heterocycles. The molecule has 0 bridgehead atoms. The van der Waals surface area contributed by atoms with Crippen molar-refractivity contribution in [3.8, 4) is 11.1 Å². The van der Waals surface area contributed by atoms with Crippen molar-refractivity contribution >= 4 is 29.0 Å². The van der Waals surface area contributed by atoms with Gasteiger partial charge in [0, 0.05) is 11.4 Å². The first kappa shape index (κ1) is 14.6. The molecule has 2 aromatic rings. The lowest BCUT2D eigenvalue weighted by molar-refractivity contribution is -0.117. The Morgan fingerprint density at radius 3 is 2.50 bits per heavy atom. The molecule has 0 radical (unpaired) electrons. The third-order valence-electron chi connectivity index (χ3n) is 2.92. The van der Waals surface area contributed by atoms with Crippen molar-refractivity contribution in [2.24, 2.45) is 4.36 Å². The summed E-state index contributed by atoms with van der Waals surface area (Å²) >= 11 is 5.85. The molecule has 0 saturated carbocycles. The smallest absolute Gasteiger partial charge is 0.259 e. The van der Waals surface area contributed by atoms with E-state index in [0.717, 1.165) is 16.7 Å². The molecule has 0 aromatic heterocycles. The molecule has 102 valence electrons. The van der Waals surface area contributed by atoms with E-state index in [0.29, 0.717) is 11.4 Å². The van der Waals surface area contributed by atoms with E-state index in [1.165, 1.54) is 0 Å². The quantitative estimate of drug-likeness (QED) is 0.861. The van der Waals surface area contributed by atoms with E-state index in [2.05, 4.69) is 4.36 Å². The van der Waals surface area contributed by atoms with Crippen LogP contribution in [0.25, 0.3) is 11.1 Å². The molecule has 3 nitrogen and oxygen atoms in total. The average molecular weight is 306 g/mol. The summed E-state index contributed by atoms with van der Waals surface area (Å²) in [4.78, 5) is 11.3. The number of carbonyl (C=O) groups excluding carboxylic acids is 1. The first-order valence-corrected chi connectivity index (χ1v) is 7.15. The Morgan fingerprint density at radius 2 is 1.80 bits per heavy atom. The molecule has 0 spiro atoms. The molecular formula is C15H12ClNO2S. The van der Waals surface area contributed by atoms with Crippen LogP contribution in [0.1, 0.15) is 12.0 Å². The summed E-state index contributed by atoms with van der Waals surface area (Å²) in [5, 5.41) is 0.688. The Hall–Kier alpha value is -1.78. The first-order valence-electron chi connectivity index (χ1n) is 6.07. The van der Waals surface area contributed by atoms with Crippen LogP contribution in [0.4, 0.5) is 0 Å². The maximum absolute atomic E-state index is 11.3. The van der Waals surface area contributed by atoms with Crippen molar-refractivity contribution in [2.75, 3.05) is 0 Å². The van der Waals surface area contributed by atoms with Crippen molar-refractivity contribution in [1.29, 1.82) is 0 Å². The van der Waals surface area contributed by atoms with Crippen molar-refractivity contribution < 1.29 is 9.00 Å². The maximum atomic E-state index is 11.3. The van der Waals surface area contributed by atoms with Crippen LogP contribution in [0.3, 0.4) is 0 Å². The molecule has 0 aliphatic carbocycles. The lowest BCUT2D eigenvalue weighted by Crippen LogP contribution is -1.97. The second-order valence-corrected chi connectivity index (χ2v) is 4.99. The molecule has 2 rings (SSSR count). The molecule has 0 unspecified atom stereocenters. The van der Waals surface area contributed by atoms with Crippen molar-refractivity contribution in [1.82, 2.24) is 0 Å². The van der Waals surface area contributed by atoms with E-state index in [-0.39, 0.29) is 23.8 Å². The van der Waals surface area contributed by atoms with E-state index in [1.807, 2.05) is 48.5 Å². The van der Waals surface area contributed by atoms with Crippen LogP contribution < -0.4 is 0 Å². The largest absolute Gasteiger partial charge is 0.272 e. The summed E-state index contributed by atoms with van der Waals surface area (Å²) in [6.45, 7) is 0. The number of aryl methyl sites for hydroxylation is 1. The Labute approximate surface area is 125 Å². The molecular weight excluding hydrogens is 294 g/mol. The van der Waals surface area contributed by atoms with Crippen molar-refractivity contribution in [3.05, 3.63) is 59.1 Å². The Morgan fingerprint density at radius 1 is 1.10 bits per heavy atom. The zero-order chi connectivity index (χ0) is 14.4. The highest BCUT2D eigenvalue weighted by molar-refractivity contribution is 7.55. The van der Waals surface area contributed by atoms with Gasteiger partial charge in [-0.15, -0.1) is 4.36 Å². The third kappa shape index (κ3) is 3.85. The number of halogens is 1. The number of benzene rings is 2. The van der Waals surface area contributed by atoms with Gasteiger partial charge in [-0.1, -0.05) is 48.0 Å². The topological polar surface area (TPSA) is 46.5 Å². The molecule has 0 heterocycles. The van der Waals surface area contributed by atoms with Crippen LogP contribution in [0.2, 0.25) is 5.02 Å². The predicted molar refractivity (Wildman–Crippen MR) is 80.8 cm³/mol. The van der Waals surface area contributed by atoms with Gasteiger partial charge in [0.15, 0.2) is 0 Å². The SMILES string of the molecule is O=S=NC(=O)CCc1ccccc1-c1ccc(Cl)cc1. The van der Waals surface area contributed by atoms with Gasteiger partial charge in [0.25, 0.3) is 5.91 Å². The van der Waals surface area contributed by atoms with Gasteiger partial charge in [-0.2, -0.15) is 4.21 Å². The lowest BCUT2D eigenvalue weighted by Gasteiger charge is -2.08. The van der Waals surface area contributed by atoms with Crippen LogP contribution >= 0.6 is 11.6 Å². The number of carbonyl (C=O) groups is 1. The van der Waals surface area contributed by atoms with Gasteiger partial charge in [0.1, 0.15) is 0 Å². The summed E-state index contributed by atoms with van der Waals surface area (Å²) in [7, 11) is 0. The highest BCUT2D eigenvalue weighted by Gasteiger charge is 2.07. The normalized spacial score (nSPS) is 10.1. The summed E-state index contributed by atoms with van der Waals surface area (Å²) in [6, 6.07) is 15.4. The van der Waals surface area contributed by atoms with Gasteiger partial charge in [0.05, 0.1) is 0 Å². The van der Waals surface area contributed by atoms with E-state index in [9.17, 15) is 9.00 Å². The third-order valence-corrected chi connectivity index (χ3v) is 3.45. The minimum Gasteiger partial charge on any atom is -0.272 e. The fourth-order valence-corrected chi connectivity index (χ4v) is 2.28. The van der Waals surface area contributed by atoms with E-state index < -0.39 is 0 Å². The summed E-state index contributed by atoms with van der Waals surface area (Å²) in [5.41, 5.74) is 3.16. The molecule has 0 atom stereocenters. The van der Waals surface area contributed by atoms with Crippen LogP contribution in [0.5, 0.6) is 0 Å². The van der Waals surface area contributed by atoms with Crippen LogP contribution in [0, 0.1) is 0 Å². The highest BCUT2D eigenvalue weighted by Crippen LogP contribution is 2.26. The van der Waals surface area contributed by atoms with Crippen LogP contribution in [-0.2, 0) is 22.7 Å². The molecule has 0 aliphatic rings. The Kier molecular flexibility index (Phi) is 5.21. The summed E-state index contributed by atoms with van der Waals surface area (Å²) < 4.78 is 13.4. The molecule has 0 aliphatic heterocycles. The number of hydrogen-bond acceptors (Lipinski definition) is 2.